The third kappa shape index (κ3) is 5.76. The van der Waals surface area contributed by atoms with Gasteiger partial charge in [-0.1, -0.05) is 49.7 Å². The van der Waals surface area contributed by atoms with Crippen LogP contribution in [0.25, 0.3) is 11.1 Å². The van der Waals surface area contributed by atoms with Crippen LogP contribution in [0.4, 0.5) is 8.78 Å². The second-order valence-corrected chi connectivity index (χ2v) is 8.75. The van der Waals surface area contributed by atoms with Crippen LogP contribution in [0.2, 0.25) is 0 Å². The summed E-state index contributed by atoms with van der Waals surface area (Å²) in [4.78, 5) is 0. The van der Waals surface area contributed by atoms with E-state index in [9.17, 15) is 8.78 Å². The molecule has 1 saturated heterocycles. The molecule has 0 amide bonds. The molecule has 0 bridgehead atoms. The van der Waals surface area contributed by atoms with Gasteiger partial charge in [-0.2, -0.15) is 4.39 Å². The van der Waals surface area contributed by atoms with Crippen LogP contribution in [0.15, 0.2) is 60.7 Å². The zero-order valence-corrected chi connectivity index (χ0v) is 19.9. The Hall–Kier alpha value is -2.92. The Morgan fingerprint density at radius 2 is 1.62 bits per heavy atom. The topological polar surface area (TPSA) is 27.7 Å². The van der Waals surface area contributed by atoms with Crippen molar-refractivity contribution < 1.29 is 23.0 Å². The number of hydrogen-bond donors (Lipinski definition) is 0. The van der Waals surface area contributed by atoms with Gasteiger partial charge in [0.2, 0.25) is 5.82 Å². The quantitative estimate of drug-likeness (QED) is 0.324. The highest BCUT2D eigenvalue weighted by molar-refractivity contribution is 5.66. The van der Waals surface area contributed by atoms with E-state index < -0.39 is 11.6 Å². The summed E-state index contributed by atoms with van der Waals surface area (Å²) in [5.74, 6) is -0.829. The normalized spacial score (nSPS) is 18.0. The molecule has 180 valence electrons. The van der Waals surface area contributed by atoms with E-state index in [0.29, 0.717) is 29.9 Å². The van der Waals surface area contributed by atoms with Crippen molar-refractivity contribution in [3.63, 3.8) is 0 Å². The van der Waals surface area contributed by atoms with Crippen molar-refractivity contribution in [3.8, 4) is 22.6 Å². The molecule has 1 aliphatic heterocycles. The summed E-state index contributed by atoms with van der Waals surface area (Å²) in [6.07, 6.45) is 5.04. The van der Waals surface area contributed by atoms with Gasteiger partial charge in [0.15, 0.2) is 11.6 Å². The smallest absolute Gasteiger partial charge is 0.201 e. The summed E-state index contributed by atoms with van der Waals surface area (Å²) in [6, 6.07) is 18.5. The number of rotatable bonds is 9. The predicted molar refractivity (Wildman–Crippen MR) is 130 cm³/mol. The van der Waals surface area contributed by atoms with Crippen LogP contribution in [0.3, 0.4) is 0 Å². The van der Waals surface area contributed by atoms with E-state index >= 15 is 0 Å². The van der Waals surface area contributed by atoms with Gasteiger partial charge in [-0.25, -0.2) is 4.39 Å². The Morgan fingerprint density at radius 3 is 2.26 bits per heavy atom. The fourth-order valence-electron chi connectivity index (χ4n) is 4.42. The molecule has 0 N–H and O–H groups in total. The molecule has 1 aliphatic rings. The van der Waals surface area contributed by atoms with Crippen LogP contribution in [-0.4, -0.2) is 19.3 Å². The van der Waals surface area contributed by atoms with Crippen molar-refractivity contribution in [1.29, 1.82) is 0 Å². The van der Waals surface area contributed by atoms with Crippen LogP contribution in [0.1, 0.15) is 56.6 Å². The predicted octanol–water partition coefficient (Wildman–Crippen LogP) is 7.67. The minimum absolute atomic E-state index is 0.0774. The molecule has 0 radical (unpaired) electrons. The van der Waals surface area contributed by atoms with Crippen molar-refractivity contribution in [2.24, 2.45) is 0 Å². The van der Waals surface area contributed by atoms with Gasteiger partial charge in [-0.3, -0.25) is 0 Å². The van der Waals surface area contributed by atoms with Gasteiger partial charge >= 0.3 is 0 Å². The van der Waals surface area contributed by atoms with Gasteiger partial charge in [-0.15, -0.1) is 0 Å². The Bertz CT molecular complexity index is 1060. The molecule has 5 heteroatoms. The molecular weight excluding hydrogens is 434 g/mol. The van der Waals surface area contributed by atoms with E-state index in [4.69, 9.17) is 14.2 Å². The lowest BCUT2D eigenvalue weighted by Gasteiger charge is -2.29. The largest absolute Gasteiger partial charge is 0.491 e. The lowest BCUT2D eigenvalue weighted by molar-refractivity contribution is -0.00111. The maximum atomic E-state index is 14.5. The van der Waals surface area contributed by atoms with Crippen molar-refractivity contribution in [2.75, 3.05) is 13.2 Å². The standard InChI is InChI=1S/C29H32F2O3/c1-3-5-24-15-12-23(19-34-24)21-8-6-20(7-9-21)18-33-25-13-10-22(11-14-25)26-16-17-27(32-4-2)29(31)28(26)30/h6-11,13-14,16-17,23-24H,3-5,12,15,18-19H2,1-2H3. The Morgan fingerprint density at radius 1 is 0.853 bits per heavy atom. The maximum Gasteiger partial charge on any atom is 0.201 e. The molecule has 0 aliphatic carbocycles. The van der Waals surface area contributed by atoms with Crippen LogP contribution in [0.5, 0.6) is 11.5 Å². The molecule has 4 rings (SSSR count). The fraction of sp³-hybridized carbons (Fsp3) is 0.379. The monoisotopic (exact) mass is 466 g/mol. The summed E-state index contributed by atoms with van der Waals surface area (Å²) in [6.45, 7) is 5.44. The Labute approximate surface area is 200 Å². The van der Waals surface area contributed by atoms with Crippen LogP contribution in [0, 0.1) is 11.6 Å². The van der Waals surface area contributed by atoms with Crippen LogP contribution < -0.4 is 9.47 Å². The SMILES string of the molecule is CCCC1CCC(c2ccc(COc3ccc(-c4ccc(OCC)c(F)c4F)cc3)cc2)CO1. The second-order valence-electron chi connectivity index (χ2n) is 8.75. The highest BCUT2D eigenvalue weighted by atomic mass is 19.2. The molecule has 0 aromatic heterocycles. The Balaban J connectivity index is 1.33. The molecule has 2 atom stereocenters. The summed E-state index contributed by atoms with van der Waals surface area (Å²) < 4.78 is 45.7. The first-order valence-electron chi connectivity index (χ1n) is 12.1. The zero-order valence-electron chi connectivity index (χ0n) is 19.9. The van der Waals surface area contributed by atoms with Gasteiger partial charge in [0.05, 0.1) is 19.3 Å². The van der Waals surface area contributed by atoms with Crippen molar-refractivity contribution in [1.82, 2.24) is 0 Å². The first-order chi connectivity index (χ1) is 16.6. The van der Waals surface area contributed by atoms with Crippen molar-refractivity contribution >= 4 is 0 Å². The third-order valence-electron chi connectivity index (χ3n) is 6.35. The highest BCUT2D eigenvalue weighted by Gasteiger charge is 2.22. The van der Waals surface area contributed by atoms with Gasteiger partial charge in [0.1, 0.15) is 12.4 Å². The van der Waals surface area contributed by atoms with Crippen molar-refractivity contribution in [2.45, 2.75) is 58.2 Å². The van der Waals surface area contributed by atoms with Crippen LogP contribution in [-0.2, 0) is 11.3 Å². The minimum atomic E-state index is -0.969. The van der Waals surface area contributed by atoms with E-state index in [2.05, 4.69) is 31.2 Å². The Kier molecular flexibility index (Phi) is 8.17. The number of benzene rings is 3. The minimum Gasteiger partial charge on any atom is -0.491 e. The van der Waals surface area contributed by atoms with E-state index in [-0.39, 0.29) is 17.9 Å². The third-order valence-corrected chi connectivity index (χ3v) is 6.35. The highest BCUT2D eigenvalue weighted by Crippen LogP contribution is 2.32. The van der Waals surface area contributed by atoms with Crippen molar-refractivity contribution in [3.05, 3.63) is 83.4 Å². The number of halogens is 2. The molecular formula is C29H32F2O3. The molecule has 1 heterocycles. The summed E-state index contributed by atoms with van der Waals surface area (Å²) >= 11 is 0. The number of hydrogen-bond acceptors (Lipinski definition) is 3. The molecule has 0 spiro atoms. The summed E-state index contributed by atoms with van der Waals surface area (Å²) in [5, 5.41) is 0. The van der Waals surface area contributed by atoms with E-state index in [0.717, 1.165) is 25.0 Å². The maximum absolute atomic E-state index is 14.5. The molecule has 3 aromatic rings. The average Bonchev–Trinajstić information content (AvgIpc) is 2.87. The first-order valence-corrected chi connectivity index (χ1v) is 12.1. The van der Waals surface area contributed by atoms with E-state index in [1.165, 1.54) is 30.5 Å². The summed E-state index contributed by atoms with van der Waals surface area (Å²) in [7, 11) is 0. The van der Waals surface area contributed by atoms with Gasteiger partial charge in [0, 0.05) is 11.5 Å². The summed E-state index contributed by atoms with van der Waals surface area (Å²) in [5.41, 5.74) is 3.16. The van der Waals surface area contributed by atoms with E-state index in [1.54, 1.807) is 31.2 Å². The first kappa shape index (κ1) is 24.2. The molecule has 3 nitrogen and oxygen atoms in total. The van der Waals surface area contributed by atoms with Gasteiger partial charge in [0.25, 0.3) is 0 Å². The zero-order chi connectivity index (χ0) is 23.9. The number of ether oxygens (including phenoxy) is 3. The lowest BCUT2D eigenvalue weighted by atomic mass is 9.90. The molecule has 1 fully saturated rings. The van der Waals surface area contributed by atoms with Gasteiger partial charge in [-0.05, 0) is 67.1 Å². The fourth-order valence-corrected chi connectivity index (χ4v) is 4.42. The molecule has 3 aromatic carbocycles. The second kappa shape index (κ2) is 11.5. The van der Waals surface area contributed by atoms with E-state index in [1.807, 2.05) is 0 Å². The lowest BCUT2D eigenvalue weighted by Crippen LogP contribution is -2.24. The average molecular weight is 467 g/mol. The van der Waals surface area contributed by atoms with Crippen LogP contribution >= 0.6 is 0 Å². The molecule has 34 heavy (non-hydrogen) atoms. The molecule has 2 unspecified atom stereocenters. The molecule has 0 saturated carbocycles. The van der Waals surface area contributed by atoms with Gasteiger partial charge < -0.3 is 14.2 Å².